The zero-order chi connectivity index (χ0) is 15.6. The molecule has 0 aliphatic carbocycles. The highest BCUT2D eigenvalue weighted by Crippen LogP contribution is 2.28. The molecule has 0 saturated carbocycles. The molecule has 1 aromatic heterocycles. The average Bonchev–Trinajstić information content (AvgIpc) is 2.80. The van der Waals surface area contributed by atoms with Crippen molar-refractivity contribution >= 4 is 32.5 Å². The van der Waals surface area contributed by atoms with Crippen LogP contribution in [-0.2, 0) is 16.4 Å². The van der Waals surface area contributed by atoms with Gasteiger partial charge in [-0.1, -0.05) is 0 Å². The normalized spacial score (nSPS) is 11.3. The zero-order valence-electron chi connectivity index (χ0n) is 11.5. The molecule has 6 nitrogen and oxygen atoms in total. The quantitative estimate of drug-likeness (QED) is 0.674. The molecule has 0 bridgehead atoms. The molecule has 1 aromatic carbocycles. The Bertz CT molecular complexity index is 781. The predicted octanol–water partition coefficient (Wildman–Crippen LogP) is 2.98. The summed E-state index contributed by atoms with van der Waals surface area (Å²) < 4.78 is 22.9. The number of sulfone groups is 1. The highest BCUT2D eigenvalue weighted by molar-refractivity contribution is 7.90. The van der Waals surface area contributed by atoms with Crippen LogP contribution in [0.2, 0.25) is 0 Å². The van der Waals surface area contributed by atoms with Crippen molar-refractivity contribution in [3.05, 3.63) is 50.2 Å². The molecular formula is C13H14N2O4S2. The standard InChI is InChI=1S/C13H14N2O4S2/c1-9-5-6-20-13(9)8-14-11-4-3-10(21(2,18)19)7-12(11)15(16)17/h3-7,14H,8H2,1-2H3. The Labute approximate surface area is 126 Å². The third-order valence-corrected chi connectivity index (χ3v) is 5.13. The van der Waals surface area contributed by atoms with Crippen LogP contribution in [0.15, 0.2) is 34.5 Å². The number of thiophene rings is 1. The molecule has 1 N–H and O–H groups in total. The molecule has 0 saturated heterocycles. The average molecular weight is 326 g/mol. The highest BCUT2D eigenvalue weighted by atomic mass is 32.2. The zero-order valence-corrected chi connectivity index (χ0v) is 13.1. The minimum Gasteiger partial charge on any atom is -0.375 e. The van der Waals surface area contributed by atoms with E-state index in [0.717, 1.165) is 22.8 Å². The molecule has 0 aliphatic rings. The number of nitro benzene ring substituents is 1. The molecule has 2 rings (SSSR count). The molecule has 0 unspecified atom stereocenters. The Balaban J connectivity index is 2.31. The fourth-order valence-corrected chi connectivity index (χ4v) is 3.29. The summed E-state index contributed by atoms with van der Waals surface area (Å²) in [7, 11) is -3.47. The summed E-state index contributed by atoms with van der Waals surface area (Å²) >= 11 is 1.56. The monoisotopic (exact) mass is 326 g/mol. The fraction of sp³-hybridized carbons (Fsp3) is 0.231. The third-order valence-electron chi connectivity index (χ3n) is 3.00. The lowest BCUT2D eigenvalue weighted by atomic mass is 10.2. The number of anilines is 1. The van der Waals surface area contributed by atoms with Gasteiger partial charge in [0.1, 0.15) is 5.69 Å². The van der Waals surface area contributed by atoms with Crippen LogP contribution in [0.5, 0.6) is 0 Å². The van der Waals surface area contributed by atoms with Crippen molar-refractivity contribution in [2.24, 2.45) is 0 Å². The first-order valence-electron chi connectivity index (χ1n) is 6.04. The molecule has 0 radical (unpaired) electrons. The lowest BCUT2D eigenvalue weighted by Gasteiger charge is -2.08. The van der Waals surface area contributed by atoms with E-state index in [0.29, 0.717) is 12.2 Å². The van der Waals surface area contributed by atoms with Crippen molar-refractivity contribution in [3.8, 4) is 0 Å². The molecule has 0 amide bonds. The van der Waals surface area contributed by atoms with Crippen molar-refractivity contribution in [1.82, 2.24) is 0 Å². The smallest absolute Gasteiger partial charge is 0.293 e. The minimum atomic E-state index is -3.47. The maximum absolute atomic E-state index is 11.5. The van der Waals surface area contributed by atoms with E-state index < -0.39 is 14.8 Å². The first-order valence-corrected chi connectivity index (χ1v) is 8.81. The van der Waals surface area contributed by atoms with Crippen molar-refractivity contribution in [1.29, 1.82) is 0 Å². The van der Waals surface area contributed by atoms with Gasteiger partial charge in [0, 0.05) is 23.7 Å². The van der Waals surface area contributed by atoms with E-state index in [4.69, 9.17) is 0 Å². The molecule has 0 aliphatic heterocycles. The van der Waals surface area contributed by atoms with Crippen LogP contribution in [0.3, 0.4) is 0 Å². The van der Waals surface area contributed by atoms with Crippen molar-refractivity contribution in [2.45, 2.75) is 18.4 Å². The summed E-state index contributed by atoms with van der Waals surface area (Å²) in [5.41, 5.74) is 1.18. The lowest BCUT2D eigenvalue weighted by molar-refractivity contribution is -0.384. The Kier molecular flexibility index (Phi) is 4.29. The first-order chi connectivity index (χ1) is 9.79. The number of rotatable bonds is 5. The van der Waals surface area contributed by atoms with E-state index >= 15 is 0 Å². The van der Waals surface area contributed by atoms with Gasteiger partial charge >= 0.3 is 0 Å². The third kappa shape index (κ3) is 3.59. The van der Waals surface area contributed by atoms with Gasteiger partial charge in [-0.2, -0.15) is 0 Å². The topological polar surface area (TPSA) is 89.3 Å². The van der Waals surface area contributed by atoms with Crippen LogP contribution < -0.4 is 5.32 Å². The van der Waals surface area contributed by atoms with E-state index in [1.54, 1.807) is 11.3 Å². The number of hydrogen-bond donors (Lipinski definition) is 1. The molecule has 1 heterocycles. The molecule has 0 spiro atoms. The summed E-state index contributed by atoms with van der Waals surface area (Å²) in [5, 5.41) is 16.0. The van der Waals surface area contributed by atoms with E-state index in [-0.39, 0.29) is 10.6 Å². The Morgan fingerprint density at radius 3 is 2.57 bits per heavy atom. The largest absolute Gasteiger partial charge is 0.375 e. The second-order valence-electron chi connectivity index (χ2n) is 4.59. The molecule has 8 heteroatoms. The van der Waals surface area contributed by atoms with Gasteiger partial charge in [-0.25, -0.2) is 8.42 Å². The number of hydrogen-bond acceptors (Lipinski definition) is 6. The second-order valence-corrected chi connectivity index (χ2v) is 7.60. The van der Waals surface area contributed by atoms with Gasteiger partial charge in [-0.05, 0) is 36.1 Å². The lowest BCUT2D eigenvalue weighted by Crippen LogP contribution is -2.04. The Morgan fingerprint density at radius 2 is 2.05 bits per heavy atom. The summed E-state index contributed by atoms with van der Waals surface area (Å²) in [6.45, 7) is 2.43. The van der Waals surface area contributed by atoms with E-state index in [2.05, 4.69) is 5.32 Å². The summed E-state index contributed by atoms with van der Waals surface area (Å²) in [6.07, 6.45) is 1.02. The number of benzene rings is 1. The molecule has 2 aromatic rings. The molecule has 0 atom stereocenters. The minimum absolute atomic E-state index is 0.0629. The molecule has 112 valence electrons. The maximum atomic E-state index is 11.5. The Hall–Kier alpha value is -1.93. The van der Waals surface area contributed by atoms with Gasteiger partial charge in [-0.15, -0.1) is 11.3 Å². The summed E-state index contributed by atoms with van der Waals surface area (Å²) in [5.74, 6) is 0. The number of nitro groups is 1. The van der Waals surface area contributed by atoms with Gasteiger partial charge in [-0.3, -0.25) is 10.1 Å². The van der Waals surface area contributed by atoms with Gasteiger partial charge < -0.3 is 5.32 Å². The molecule has 0 fully saturated rings. The van der Waals surface area contributed by atoms with Crippen LogP contribution in [0, 0.1) is 17.0 Å². The fourth-order valence-electron chi connectivity index (χ4n) is 1.80. The number of aryl methyl sites for hydroxylation is 1. The van der Waals surface area contributed by atoms with Crippen molar-refractivity contribution < 1.29 is 13.3 Å². The molecular weight excluding hydrogens is 312 g/mol. The van der Waals surface area contributed by atoms with Gasteiger partial charge in [0.2, 0.25) is 0 Å². The molecule has 21 heavy (non-hydrogen) atoms. The van der Waals surface area contributed by atoms with Crippen LogP contribution in [0.1, 0.15) is 10.4 Å². The Morgan fingerprint density at radius 1 is 1.33 bits per heavy atom. The number of nitrogens with zero attached hydrogens (tertiary/aromatic N) is 1. The van der Waals surface area contributed by atoms with Crippen LogP contribution in [-0.4, -0.2) is 19.6 Å². The maximum Gasteiger partial charge on any atom is 0.293 e. The second kappa shape index (κ2) is 5.82. The van der Waals surface area contributed by atoms with Crippen LogP contribution in [0.25, 0.3) is 0 Å². The van der Waals surface area contributed by atoms with Crippen molar-refractivity contribution in [2.75, 3.05) is 11.6 Å². The highest BCUT2D eigenvalue weighted by Gasteiger charge is 2.18. The van der Waals surface area contributed by atoms with E-state index in [9.17, 15) is 18.5 Å². The van der Waals surface area contributed by atoms with Crippen molar-refractivity contribution in [3.63, 3.8) is 0 Å². The van der Waals surface area contributed by atoms with E-state index in [1.165, 1.54) is 12.1 Å². The predicted molar refractivity (Wildman–Crippen MR) is 82.6 cm³/mol. The summed E-state index contributed by atoms with van der Waals surface area (Å²) in [4.78, 5) is 11.5. The van der Waals surface area contributed by atoms with Gasteiger partial charge in [0.15, 0.2) is 9.84 Å². The van der Waals surface area contributed by atoms with Gasteiger partial charge in [0.05, 0.1) is 9.82 Å². The van der Waals surface area contributed by atoms with E-state index in [1.807, 2.05) is 18.4 Å². The van der Waals surface area contributed by atoms with Crippen LogP contribution >= 0.6 is 11.3 Å². The number of nitrogens with one attached hydrogen (secondary N) is 1. The van der Waals surface area contributed by atoms with Gasteiger partial charge in [0.25, 0.3) is 5.69 Å². The first kappa shape index (κ1) is 15.5. The summed E-state index contributed by atoms with van der Waals surface area (Å²) in [6, 6.07) is 5.85. The SMILES string of the molecule is Cc1ccsc1CNc1ccc(S(C)(=O)=O)cc1[N+](=O)[O-]. The van der Waals surface area contributed by atoms with Crippen LogP contribution in [0.4, 0.5) is 11.4 Å².